The Morgan fingerprint density at radius 3 is 2.21 bits per heavy atom. The quantitative estimate of drug-likeness (QED) is 0.335. The second kappa shape index (κ2) is 13.0. The summed E-state index contributed by atoms with van der Waals surface area (Å²) in [5, 5.41) is 12.3. The van der Waals surface area contributed by atoms with Crippen molar-refractivity contribution >= 4 is 10.1 Å². The number of hydrogen-bond donors (Lipinski definition) is 1. The summed E-state index contributed by atoms with van der Waals surface area (Å²) in [6.07, 6.45) is 9.34. The molecule has 5 nitrogen and oxygen atoms in total. The molecule has 2 aromatic carbocycles. The molecule has 0 radical (unpaired) electrons. The van der Waals surface area contributed by atoms with Gasteiger partial charge in [0.25, 0.3) is 10.1 Å². The van der Waals surface area contributed by atoms with Crippen molar-refractivity contribution in [2.24, 2.45) is 0 Å². The zero-order valence-electron chi connectivity index (χ0n) is 16.7. The largest absolute Gasteiger partial charge is 1.00 e. The van der Waals surface area contributed by atoms with Crippen LogP contribution in [0.15, 0.2) is 47.4 Å². The molecule has 0 atom stereocenters. The molecule has 0 aliphatic rings. The molecule has 2 rings (SSSR count). The van der Waals surface area contributed by atoms with Crippen LogP contribution in [0.3, 0.4) is 0 Å². The van der Waals surface area contributed by atoms with E-state index in [1.807, 2.05) is 6.07 Å². The molecule has 0 saturated carbocycles. The van der Waals surface area contributed by atoms with E-state index in [0.717, 1.165) is 24.8 Å². The van der Waals surface area contributed by atoms with E-state index in [0.29, 0.717) is 0 Å². The Bertz CT molecular complexity index is 836. The molecule has 0 aliphatic heterocycles. The Morgan fingerprint density at radius 1 is 0.929 bits per heavy atom. The van der Waals surface area contributed by atoms with E-state index in [-0.39, 0.29) is 73.5 Å². The summed E-state index contributed by atoms with van der Waals surface area (Å²) in [5.41, 5.74) is 0.948. The first-order valence-electron chi connectivity index (χ1n) is 9.46. The molecule has 0 bridgehead atoms. The maximum absolute atomic E-state index is 12.3. The van der Waals surface area contributed by atoms with Gasteiger partial charge in [0.2, 0.25) is 0 Å². The molecule has 0 fully saturated rings. The zero-order chi connectivity index (χ0) is 19.7. The summed E-state index contributed by atoms with van der Waals surface area (Å²) in [5.74, 6) is -0.341. The summed E-state index contributed by atoms with van der Waals surface area (Å²) < 4.78 is 37.5. The second-order valence-corrected chi connectivity index (χ2v) is 8.07. The van der Waals surface area contributed by atoms with E-state index in [1.54, 1.807) is 12.1 Å². The molecule has 1 N–H and O–H groups in total. The van der Waals surface area contributed by atoms with Crippen molar-refractivity contribution in [2.75, 3.05) is 0 Å². The number of rotatable bonds is 11. The van der Waals surface area contributed by atoms with Gasteiger partial charge in [-0.05, 0) is 36.6 Å². The van der Waals surface area contributed by atoms with Crippen LogP contribution in [0.25, 0.3) is 0 Å². The third-order valence-electron chi connectivity index (χ3n) is 4.42. The number of benzene rings is 2. The van der Waals surface area contributed by atoms with Crippen LogP contribution in [-0.4, -0.2) is 13.0 Å². The van der Waals surface area contributed by atoms with E-state index in [2.05, 4.69) is 6.92 Å². The third kappa shape index (κ3) is 8.53. The fourth-order valence-electron chi connectivity index (χ4n) is 2.94. The minimum Gasteiger partial charge on any atom is -0.870 e. The Labute approximate surface area is 210 Å². The summed E-state index contributed by atoms with van der Waals surface area (Å²) in [4.78, 5) is -0.364. The van der Waals surface area contributed by atoms with Crippen LogP contribution in [0, 0.1) is 0 Å². The van der Waals surface area contributed by atoms with Crippen molar-refractivity contribution < 1.29 is 74.2 Å². The number of ether oxygens (including phenoxy) is 1. The molecule has 28 heavy (non-hydrogen) atoms. The van der Waals surface area contributed by atoms with Crippen LogP contribution >= 0.6 is 0 Å². The topological polar surface area (TPSA) is 86.7 Å². The monoisotopic (exact) mass is 430 g/mol. The van der Waals surface area contributed by atoms with Gasteiger partial charge in [-0.25, -0.2) is 0 Å². The molecule has 0 spiro atoms. The van der Waals surface area contributed by atoms with Crippen molar-refractivity contribution in [3.8, 4) is 17.2 Å². The summed E-state index contributed by atoms with van der Waals surface area (Å²) in [7, 11) is -4.43. The Morgan fingerprint density at radius 2 is 1.57 bits per heavy atom. The molecule has 7 heteroatoms. The van der Waals surface area contributed by atoms with Gasteiger partial charge in [-0.2, -0.15) is 8.42 Å². The van der Waals surface area contributed by atoms with Crippen molar-refractivity contribution in [1.82, 2.24) is 0 Å². The van der Waals surface area contributed by atoms with Gasteiger partial charge in [0.1, 0.15) is 16.4 Å². The number of aryl methyl sites for hydroxylation is 1. The standard InChI is InChI=1S/C21H28O5S.K/c1-2-3-4-5-6-7-8-11-17-14-15-19(18(22)16-17)26-20-12-9-10-13-21(20)27(23,24)25;/h9-10,12-16,22H,2-8,11H2,1H3,(H,23,24,25);/q;+1/p-1. The van der Waals surface area contributed by atoms with Crippen LogP contribution in [0.4, 0.5) is 0 Å². The van der Waals surface area contributed by atoms with Crippen LogP contribution in [-0.2, 0) is 16.5 Å². The van der Waals surface area contributed by atoms with Crippen LogP contribution in [0.5, 0.6) is 17.2 Å². The predicted octanol–water partition coefficient (Wildman–Crippen LogP) is 2.10. The van der Waals surface area contributed by atoms with Gasteiger partial charge in [-0.1, -0.05) is 75.5 Å². The van der Waals surface area contributed by atoms with E-state index in [4.69, 9.17) is 4.74 Å². The predicted molar refractivity (Wildman–Crippen MR) is 104 cm³/mol. The normalized spacial score (nSPS) is 11.1. The van der Waals surface area contributed by atoms with Crippen LogP contribution in [0.1, 0.15) is 57.4 Å². The van der Waals surface area contributed by atoms with Crippen molar-refractivity contribution in [3.63, 3.8) is 0 Å². The Hall–Kier alpha value is -0.414. The summed E-state index contributed by atoms with van der Waals surface area (Å²) in [6.45, 7) is 2.20. The first-order chi connectivity index (χ1) is 12.9. The second-order valence-electron chi connectivity index (χ2n) is 6.68. The molecule has 0 aliphatic carbocycles. The fraction of sp³-hybridized carbons (Fsp3) is 0.429. The van der Waals surface area contributed by atoms with Crippen molar-refractivity contribution in [3.05, 3.63) is 48.0 Å². The Kier molecular flexibility index (Phi) is 11.9. The molecular weight excluding hydrogens is 403 g/mol. The first kappa shape index (κ1) is 25.6. The average molecular weight is 431 g/mol. The van der Waals surface area contributed by atoms with Crippen molar-refractivity contribution in [1.29, 1.82) is 0 Å². The maximum atomic E-state index is 12.3. The molecule has 0 heterocycles. The van der Waals surface area contributed by atoms with Crippen LogP contribution in [0.2, 0.25) is 0 Å². The average Bonchev–Trinajstić information content (AvgIpc) is 2.63. The van der Waals surface area contributed by atoms with Gasteiger partial charge in [-0.3, -0.25) is 4.55 Å². The van der Waals surface area contributed by atoms with Gasteiger partial charge < -0.3 is 9.84 Å². The summed E-state index contributed by atoms with van der Waals surface area (Å²) >= 11 is 0. The third-order valence-corrected chi connectivity index (χ3v) is 5.32. The minimum atomic E-state index is -4.43. The Balaban J connectivity index is 0.00000392. The molecule has 0 saturated heterocycles. The molecular formula is C21H27KO5S. The zero-order valence-corrected chi connectivity index (χ0v) is 20.6. The fourth-order valence-corrected chi connectivity index (χ4v) is 3.56. The van der Waals surface area contributed by atoms with Gasteiger partial charge in [0, 0.05) is 0 Å². The van der Waals surface area contributed by atoms with Gasteiger partial charge in [0.15, 0.2) is 0 Å². The number of hydrogen-bond acceptors (Lipinski definition) is 4. The minimum absolute atomic E-state index is 0. The molecule has 0 unspecified atom stereocenters. The number of para-hydroxylation sites is 1. The SMILES string of the molecule is CCCCCCCCCc1ccc(Oc2ccccc2S(=O)(=O)O)c([O-])c1.[K+]. The van der Waals surface area contributed by atoms with E-state index >= 15 is 0 Å². The van der Waals surface area contributed by atoms with Gasteiger partial charge in [-0.15, -0.1) is 0 Å². The van der Waals surface area contributed by atoms with Crippen LogP contribution < -0.4 is 61.2 Å². The smallest absolute Gasteiger partial charge is 0.870 e. The van der Waals surface area contributed by atoms with E-state index in [1.165, 1.54) is 56.4 Å². The summed E-state index contributed by atoms with van der Waals surface area (Å²) in [6, 6.07) is 10.6. The molecule has 2 aromatic rings. The maximum Gasteiger partial charge on any atom is 1.00 e. The van der Waals surface area contributed by atoms with Gasteiger partial charge in [0.05, 0.1) is 0 Å². The van der Waals surface area contributed by atoms with Gasteiger partial charge >= 0.3 is 51.4 Å². The molecule has 0 aromatic heterocycles. The molecule has 148 valence electrons. The first-order valence-corrected chi connectivity index (χ1v) is 10.9. The van der Waals surface area contributed by atoms with E-state index < -0.39 is 10.1 Å². The van der Waals surface area contributed by atoms with Crippen molar-refractivity contribution in [2.45, 2.75) is 63.2 Å². The van der Waals surface area contributed by atoms with E-state index in [9.17, 15) is 18.1 Å². The molecule has 0 amide bonds. The number of unbranched alkanes of at least 4 members (excludes halogenated alkanes) is 6.